The van der Waals surface area contributed by atoms with Crippen LogP contribution in [-0.2, 0) is 14.3 Å². The third-order valence-electron chi connectivity index (χ3n) is 4.65. The molecular formula is C18H22N2O5. The molecule has 3 rings (SSSR count). The van der Waals surface area contributed by atoms with Crippen molar-refractivity contribution in [3.05, 3.63) is 29.8 Å². The molecule has 2 N–H and O–H groups in total. The van der Waals surface area contributed by atoms with Crippen LogP contribution in [0.2, 0.25) is 0 Å². The number of amides is 2. The van der Waals surface area contributed by atoms with Crippen LogP contribution in [0.15, 0.2) is 24.3 Å². The minimum atomic E-state index is -0.976. The molecule has 0 saturated carbocycles. The van der Waals surface area contributed by atoms with Gasteiger partial charge in [0.15, 0.2) is 0 Å². The Morgan fingerprint density at radius 3 is 2.72 bits per heavy atom. The number of carboxylic acids is 1. The van der Waals surface area contributed by atoms with Crippen LogP contribution >= 0.6 is 0 Å². The van der Waals surface area contributed by atoms with Crippen molar-refractivity contribution in [1.29, 1.82) is 0 Å². The van der Waals surface area contributed by atoms with E-state index in [0.717, 1.165) is 19.3 Å². The van der Waals surface area contributed by atoms with Crippen LogP contribution in [0.4, 0.5) is 5.69 Å². The van der Waals surface area contributed by atoms with Crippen LogP contribution in [-0.4, -0.2) is 53.1 Å². The second-order valence-electron chi connectivity index (χ2n) is 6.42. The van der Waals surface area contributed by atoms with Gasteiger partial charge in [-0.15, -0.1) is 0 Å². The number of hydrogen-bond donors (Lipinski definition) is 2. The van der Waals surface area contributed by atoms with Crippen molar-refractivity contribution in [3.63, 3.8) is 0 Å². The number of carboxylic acid groups (broad SMARTS) is 1. The second-order valence-corrected chi connectivity index (χ2v) is 6.42. The third-order valence-corrected chi connectivity index (χ3v) is 4.65. The molecule has 2 amide bonds. The first kappa shape index (κ1) is 17.4. The summed E-state index contributed by atoms with van der Waals surface area (Å²) >= 11 is 0. The molecule has 7 heteroatoms. The average Bonchev–Trinajstić information content (AvgIpc) is 3.16. The Balaban J connectivity index is 1.72. The topological polar surface area (TPSA) is 95.9 Å². The van der Waals surface area contributed by atoms with Crippen LogP contribution in [0.5, 0.6) is 0 Å². The zero-order valence-electron chi connectivity index (χ0n) is 13.9. The van der Waals surface area contributed by atoms with Gasteiger partial charge in [0.05, 0.1) is 0 Å². The summed E-state index contributed by atoms with van der Waals surface area (Å²) in [6.07, 6.45) is 3.18. The molecule has 0 aromatic heterocycles. The Morgan fingerprint density at radius 1 is 1.16 bits per heavy atom. The van der Waals surface area contributed by atoms with Gasteiger partial charge in [-0.3, -0.25) is 9.59 Å². The number of likely N-dealkylation sites (tertiary alicyclic amines) is 1. The second kappa shape index (κ2) is 7.65. The van der Waals surface area contributed by atoms with Crippen LogP contribution in [0, 0.1) is 0 Å². The molecule has 1 aromatic carbocycles. The number of nitrogens with one attached hydrogen (secondary N) is 1. The van der Waals surface area contributed by atoms with E-state index in [0.29, 0.717) is 37.2 Å². The monoisotopic (exact) mass is 346 g/mol. The number of hydrogen-bond acceptors (Lipinski definition) is 4. The first-order valence-corrected chi connectivity index (χ1v) is 8.62. The number of rotatable bonds is 4. The highest BCUT2D eigenvalue weighted by Crippen LogP contribution is 2.22. The Morgan fingerprint density at radius 2 is 2.00 bits per heavy atom. The largest absolute Gasteiger partial charge is 0.480 e. The zero-order chi connectivity index (χ0) is 17.8. The lowest BCUT2D eigenvalue weighted by Crippen LogP contribution is -2.48. The molecule has 2 heterocycles. The van der Waals surface area contributed by atoms with Crippen molar-refractivity contribution < 1.29 is 24.2 Å². The quantitative estimate of drug-likeness (QED) is 0.868. The molecule has 1 aromatic rings. The molecule has 0 bridgehead atoms. The number of anilines is 1. The molecule has 2 aliphatic heterocycles. The van der Waals surface area contributed by atoms with E-state index in [2.05, 4.69) is 5.32 Å². The Kier molecular flexibility index (Phi) is 5.33. The lowest BCUT2D eigenvalue weighted by molar-refractivity contribution is -0.143. The van der Waals surface area contributed by atoms with Gasteiger partial charge < -0.3 is 20.1 Å². The van der Waals surface area contributed by atoms with E-state index < -0.39 is 18.1 Å². The molecule has 25 heavy (non-hydrogen) atoms. The molecule has 2 saturated heterocycles. The van der Waals surface area contributed by atoms with Gasteiger partial charge in [-0.2, -0.15) is 0 Å². The van der Waals surface area contributed by atoms with Crippen molar-refractivity contribution in [3.8, 4) is 0 Å². The first-order valence-electron chi connectivity index (χ1n) is 8.62. The van der Waals surface area contributed by atoms with Crippen LogP contribution in [0.3, 0.4) is 0 Å². The van der Waals surface area contributed by atoms with E-state index in [9.17, 15) is 19.5 Å². The summed E-state index contributed by atoms with van der Waals surface area (Å²) in [6.45, 7) is 1.02. The summed E-state index contributed by atoms with van der Waals surface area (Å²) in [5, 5.41) is 12.1. The van der Waals surface area contributed by atoms with Crippen LogP contribution < -0.4 is 5.32 Å². The highest BCUT2D eigenvalue weighted by molar-refractivity contribution is 5.99. The fourth-order valence-electron chi connectivity index (χ4n) is 3.33. The fourth-order valence-corrected chi connectivity index (χ4v) is 3.33. The predicted octanol–water partition coefficient (Wildman–Crippen LogP) is 1.88. The van der Waals surface area contributed by atoms with Gasteiger partial charge in [-0.25, -0.2) is 4.79 Å². The number of ether oxygens (including phenoxy) is 1. The standard InChI is InChI=1S/C18H22N2O5/c21-16(15-8-4-10-25-15)19-13-6-3-5-12(11-13)17(22)20-9-2-1-7-14(20)18(23)24/h3,5-6,11,14-15H,1-2,4,7-10H2,(H,19,21)(H,23,24)/t14-,15?/m1/s1. The van der Waals surface area contributed by atoms with Gasteiger partial charge >= 0.3 is 5.97 Å². The average molecular weight is 346 g/mol. The van der Waals surface area contributed by atoms with Gasteiger partial charge in [-0.05, 0) is 50.3 Å². The molecule has 0 aliphatic carbocycles. The Bertz CT molecular complexity index is 669. The summed E-state index contributed by atoms with van der Waals surface area (Å²) < 4.78 is 5.35. The molecule has 7 nitrogen and oxygen atoms in total. The summed E-state index contributed by atoms with van der Waals surface area (Å²) in [5.74, 6) is -1.51. The highest BCUT2D eigenvalue weighted by Gasteiger charge is 2.32. The van der Waals surface area contributed by atoms with Crippen molar-refractivity contribution >= 4 is 23.5 Å². The molecule has 0 radical (unpaired) electrons. The lowest BCUT2D eigenvalue weighted by Gasteiger charge is -2.33. The smallest absolute Gasteiger partial charge is 0.326 e. The third kappa shape index (κ3) is 3.99. The maximum absolute atomic E-state index is 12.7. The molecule has 0 spiro atoms. The van der Waals surface area contributed by atoms with E-state index in [1.807, 2.05) is 0 Å². The SMILES string of the molecule is O=C(Nc1cccc(C(=O)N2CCCC[C@@H]2C(=O)O)c1)C1CCCO1. The highest BCUT2D eigenvalue weighted by atomic mass is 16.5. The van der Waals surface area contributed by atoms with E-state index >= 15 is 0 Å². The maximum Gasteiger partial charge on any atom is 0.326 e. The van der Waals surface area contributed by atoms with E-state index in [1.54, 1.807) is 24.3 Å². The normalized spacial score (nSPS) is 23.3. The minimum Gasteiger partial charge on any atom is -0.480 e. The van der Waals surface area contributed by atoms with E-state index in [4.69, 9.17) is 4.74 Å². The first-order chi connectivity index (χ1) is 12.1. The number of aliphatic carboxylic acids is 1. The summed E-state index contributed by atoms with van der Waals surface area (Å²) in [5.41, 5.74) is 0.883. The fraction of sp³-hybridized carbons (Fsp3) is 0.500. The van der Waals surface area contributed by atoms with Crippen LogP contribution in [0.1, 0.15) is 42.5 Å². The van der Waals surface area contributed by atoms with Crippen molar-refractivity contribution in [2.75, 3.05) is 18.5 Å². The van der Waals surface area contributed by atoms with E-state index in [-0.39, 0.29) is 11.8 Å². The molecule has 2 fully saturated rings. The molecule has 134 valence electrons. The van der Waals surface area contributed by atoms with Crippen molar-refractivity contribution in [2.24, 2.45) is 0 Å². The zero-order valence-corrected chi connectivity index (χ0v) is 13.9. The number of carbonyl (C=O) groups excluding carboxylic acids is 2. The summed E-state index contributed by atoms with van der Waals surface area (Å²) in [4.78, 5) is 37.7. The Labute approximate surface area is 146 Å². The molecular weight excluding hydrogens is 324 g/mol. The number of benzene rings is 1. The van der Waals surface area contributed by atoms with Gasteiger partial charge in [-0.1, -0.05) is 6.07 Å². The maximum atomic E-state index is 12.7. The summed E-state index contributed by atoms with van der Waals surface area (Å²) in [7, 11) is 0. The summed E-state index contributed by atoms with van der Waals surface area (Å²) in [6, 6.07) is 5.82. The molecule has 2 atom stereocenters. The molecule has 2 aliphatic rings. The van der Waals surface area contributed by atoms with Crippen molar-refractivity contribution in [2.45, 2.75) is 44.2 Å². The predicted molar refractivity (Wildman–Crippen MR) is 90.4 cm³/mol. The van der Waals surface area contributed by atoms with Crippen molar-refractivity contribution in [1.82, 2.24) is 4.90 Å². The van der Waals surface area contributed by atoms with Gasteiger partial charge in [0.25, 0.3) is 11.8 Å². The van der Waals surface area contributed by atoms with Gasteiger partial charge in [0.1, 0.15) is 12.1 Å². The van der Waals surface area contributed by atoms with Gasteiger partial charge in [0.2, 0.25) is 0 Å². The molecule has 1 unspecified atom stereocenters. The Hall–Kier alpha value is -2.41. The van der Waals surface area contributed by atoms with Gasteiger partial charge in [0, 0.05) is 24.4 Å². The lowest BCUT2D eigenvalue weighted by atomic mass is 10.0. The van der Waals surface area contributed by atoms with Crippen LogP contribution in [0.25, 0.3) is 0 Å². The number of carbonyl (C=O) groups is 3. The minimum absolute atomic E-state index is 0.219. The number of piperidine rings is 1. The van der Waals surface area contributed by atoms with E-state index in [1.165, 1.54) is 4.90 Å². The number of nitrogens with zero attached hydrogens (tertiary/aromatic N) is 1.